The van der Waals surface area contributed by atoms with Crippen molar-refractivity contribution in [2.45, 2.75) is 33.2 Å². The second kappa shape index (κ2) is 6.70. The Bertz CT molecular complexity index is 476. The maximum Gasteiger partial charge on any atom is 0.292 e. The van der Waals surface area contributed by atoms with Crippen LogP contribution in [0.5, 0.6) is 0 Å². The summed E-state index contributed by atoms with van der Waals surface area (Å²) < 4.78 is 0. The van der Waals surface area contributed by atoms with Crippen molar-refractivity contribution in [3.8, 4) is 0 Å². The third-order valence-corrected chi connectivity index (χ3v) is 3.98. The minimum atomic E-state index is -0.305. The zero-order valence-electron chi connectivity index (χ0n) is 12.3. The lowest BCUT2D eigenvalue weighted by atomic mass is 10.1. The number of nitro groups is 1. The van der Waals surface area contributed by atoms with Gasteiger partial charge in [0.1, 0.15) is 5.69 Å². The van der Waals surface area contributed by atoms with Crippen LogP contribution in [0, 0.1) is 16.0 Å². The molecule has 0 aliphatic carbocycles. The number of nitrogens with one attached hydrogen (secondary N) is 1. The molecule has 1 fully saturated rings. The molecule has 5 heteroatoms. The van der Waals surface area contributed by atoms with Crippen molar-refractivity contribution in [2.24, 2.45) is 5.92 Å². The molecule has 5 nitrogen and oxygen atoms in total. The van der Waals surface area contributed by atoms with Crippen LogP contribution >= 0.6 is 0 Å². The van der Waals surface area contributed by atoms with E-state index in [1.165, 1.54) is 12.8 Å². The van der Waals surface area contributed by atoms with Crippen LogP contribution < -0.4 is 5.32 Å². The van der Waals surface area contributed by atoms with Crippen molar-refractivity contribution in [1.29, 1.82) is 0 Å². The molecule has 0 aromatic heterocycles. The molecule has 1 aromatic rings. The molecule has 1 aliphatic heterocycles. The normalized spacial score (nSPS) is 19.2. The highest BCUT2D eigenvalue weighted by Crippen LogP contribution is 2.27. The first-order valence-electron chi connectivity index (χ1n) is 7.37. The van der Waals surface area contributed by atoms with Crippen LogP contribution in [0.3, 0.4) is 0 Å². The van der Waals surface area contributed by atoms with E-state index in [1.807, 2.05) is 19.1 Å². The number of anilines is 1. The van der Waals surface area contributed by atoms with E-state index in [9.17, 15) is 10.1 Å². The van der Waals surface area contributed by atoms with Crippen LogP contribution in [0.25, 0.3) is 0 Å². The van der Waals surface area contributed by atoms with Gasteiger partial charge >= 0.3 is 0 Å². The quantitative estimate of drug-likeness (QED) is 0.640. The molecule has 110 valence electrons. The molecule has 1 atom stereocenters. The van der Waals surface area contributed by atoms with Crippen molar-refractivity contribution in [3.63, 3.8) is 0 Å². The monoisotopic (exact) mass is 277 g/mol. The van der Waals surface area contributed by atoms with Crippen LogP contribution in [-0.2, 0) is 6.54 Å². The topological polar surface area (TPSA) is 58.4 Å². The van der Waals surface area contributed by atoms with Gasteiger partial charge in [-0.15, -0.1) is 0 Å². The standard InChI is InChI=1S/C15H23N3O2/c1-3-12-7-8-17(10-12)11-13-5-6-14(16-4-2)15(9-13)18(19)20/h5-6,9,12,16H,3-4,7-8,10-11H2,1-2H3. The molecule has 1 N–H and O–H groups in total. The molecule has 0 amide bonds. The molecule has 20 heavy (non-hydrogen) atoms. The number of likely N-dealkylation sites (tertiary alicyclic amines) is 1. The zero-order valence-corrected chi connectivity index (χ0v) is 12.3. The van der Waals surface area contributed by atoms with Crippen LogP contribution in [-0.4, -0.2) is 29.5 Å². The summed E-state index contributed by atoms with van der Waals surface area (Å²) in [5.41, 5.74) is 1.81. The van der Waals surface area contributed by atoms with E-state index in [2.05, 4.69) is 17.1 Å². The van der Waals surface area contributed by atoms with Crippen LogP contribution in [0.15, 0.2) is 18.2 Å². The number of rotatable bonds is 6. The van der Waals surface area contributed by atoms with Gasteiger partial charge in [0.15, 0.2) is 0 Å². The molecule has 1 aliphatic rings. The molecular formula is C15H23N3O2. The fraction of sp³-hybridized carbons (Fsp3) is 0.600. The molecule has 1 saturated heterocycles. The summed E-state index contributed by atoms with van der Waals surface area (Å²) in [5, 5.41) is 14.2. The summed E-state index contributed by atoms with van der Waals surface area (Å²) in [6, 6.07) is 5.52. The summed E-state index contributed by atoms with van der Waals surface area (Å²) in [7, 11) is 0. The Labute approximate surface area is 120 Å². The average Bonchev–Trinajstić information content (AvgIpc) is 2.88. The summed E-state index contributed by atoms with van der Waals surface area (Å²) in [5.74, 6) is 0.783. The predicted molar refractivity (Wildman–Crippen MR) is 80.9 cm³/mol. The van der Waals surface area contributed by atoms with Crippen molar-refractivity contribution < 1.29 is 4.92 Å². The van der Waals surface area contributed by atoms with Gasteiger partial charge in [-0.3, -0.25) is 15.0 Å². The number of hydrogen-bond donors (Lipinski definition) is 1. The minimum absolute atomic E-state index is 0.176. The third kappa shape index (κ3) is 3.48. The second-order valence-electron chi connectivity index (χ2n) is 5.44. The van der Waals surface area contributed by atoms with E-state index < -0.39 is 0 Å². The lowest BCUT2D eigenvalue weighted by Gasteiger charge is -2.16. The van der Waals surface area contributed by atoms with Gasteiger partial charge in [0.2, 0.25) is 0 Å². The van der Waals surface area contributed by atoms with Gasteiger partial charge in [-0.25, -0.2) is 0 Å². The van der Waals surface area contributed by atoms with Crippen molar-refractivity contribution in [2.75, 3.05) is 25.0 Å². The van der Waals surface area contributed by atoms with Gasteiger partial charge in [-0.1, -0.05) is 19.4 Å². The smallest absolute Gasteiger partial charge is 0.292 e. The maximum absolute atomic E-state index is 11.1. The SMILES string of the molecule is CCNc1ccc(CN2CCC(CC)C2)cc1[N+](=O)[O-]. The number of nitro benzene ring substituents is 1. The summed E-state index contributed by atoms with van der Waals surface area (Å²) in [4.78, 5) is 13.2. The fourth-order valence-corrected chi connectivity index (χ4v) is 2.81. The van der Waals surface area contributed by atoms with E-state index in [0.29, 0.717) is 12.2 Å². The molecule has 1 aromatic carbocycles. The largest absolute Gasteiger partial charge is 0.380 e. The first kappa shape index (κ1) is 14.8. The highest BCUT2D eigenvalue weighted by atomic mass is 16.6. The van der Waals surface area contributed by atoms with Gasteiger partial charge in [0.25, 0.3) is 5.69 Å². The summed E-state index contributed by atoms with van der Waals surface area (Å²) in [6.07, 6.45) is 2.46. The average molecular weight is 277 g/mol. The van der Waals surface area contributed by atoms with Gasteiger partial charge in [-0.2, -0.15) is 0 Å². The van der Waals surface area contributed by atoms with Crippen LogP contribution in [0.2, 0.25) is 0 Å². The molecule has 1 unspecified atom stereocenters. The Kier molecular flexibility index (Phi) is 4.95. The molecule has 2 rings (SSSR count). The summed E-state index contributed by atoms with van der Waals surface area (Å²) in [6.45, 7) is 7.87. The van der Waals surface area contributed by atoms with Gasteiger partial charge in [0, 0.05) is 25.7 Å². The van der Waals surface area contributed by atoms with Gasteiger partial charge in [0.05, 0.1) is 4.92 Å². The Balaban J connectivity index is 2.09. The molecule has 0 saturated carbocycles. The van der Waals surface area contributed by atoms with Gasteiger partial charge in [-0.05, 0) is 37.4 Å². The molecule has 1 heterocycles. The zero-order chi connectivity index (χ0) is 14.5. The number of hydrogen-bond acceptors (Lipinski definition) is 4. The maximum atomic E-state index is 11.1. The Morgan fingerprint density at radius 1 is 1.45 bits per heavy atom. The third-order valence-electron chi connectivity index (χ3n) is 3.98. The van der Waals surface area contributed by atoms with Crippen LogP contribution in [0.1, 0.15) is 32.3 Å². The lowest BCUT2D eigenvalue weighted by molar-refractivity contribution is -0.384. The van der Waals surface area contributed by atoms with Crippen molar-refractivity contribution >= 4 is 11.4 Å². The Morgan fingerprint density at radius 3 is 2.85 bits per heavy atom. The van der Waals surface area contributed by atoms with Crippen molar-refractivity contribution in [3.05, 3.63) is 33.9 Å². The Hall–Kier alpha value is -1.62. The number of benzene rings is 1. The van der Waals surface area contributed by atoms with E-state index in [1.54, 1.807) is 6.07 Å². The predicted octanol–water partition coefficient (Wildman–Crippen LogP) is 3.26. The second-order valence-corrected chi connectivity index (χ2v) is 5.44. The fourth-order valence-electron chi connectivity index (χ4n) is 2.81. The number of nitrogens with zero attached hydrogens (tertiary/aromatic N) is 2. The first-order chi connectivity index (χ1) is 9.63. The molecule has 0 spiro atoms. The molecule has 0 bridgehead atoms. The first-order valence-corrected chi connectivity index (χ1v) is 7.37. The van der Waals surface area contributed by atoms with Crippen LogP contribution in [0.4, 0.5) is 11.4 Å². The lowest BCUT2D eigenvalue weighted by Crippen LogP contribution is -2.20. The van der Waals surface area contributed by atoms with E-state index in [4.69, 9.17) is 0 Å². The van der Waals surface area contributed by atoms with Gasteiger partial charge < -0.3 is 5.32 Å². The van der Waals surface area contributed by atoms with E-state index in [0.717, 1.165) is 31.1 Å². The Morgan fingerprint density at radius 2 is 2.25 bits per heavy atom. The van der Waals surface area contributed by atoms with Crippen molar-refractivity contribution in [1.82, 2.24) is 4.90 Å². The minimum Gasteiger partial charge on any atom is -0.380 e. The highest BCUT2D eigenvalue weighted by Gasteiger charge is 2.22. The molecule has 0 radical (unpaired) electrons. The van der Waals surface area contributed by atoms with E-state index >= 15 is 0 Å². The highest BCUT2D eigenvalue weighted by molar-refractivity contribution is 5.62. The summed E-state index contributed by atoms with van der Waals surface area (Å²) >= 11 is 0. The molecular weight excluding hydrogens is 254 g/mol. The van der Waals surface area contributed by atoms with E-state index in [-0.39, 0.29) is 10.6 Å².